The number of hydrogen-bond acceptors (Lipinski definition) is 3. The van der Waals surface area contributed by atoms with Gasteiger partial charge in [0.1, 0.15) is 11.9 Å². The molecule has 2 saturated heterocycles. The van der Waals surface area contributed by atoms with Crippen molar-refractivity contribution in [3.05, 3.63) is 82.7 Å². The fraction of sp³-hybridized carbons (Fsp3) is 0.333. The molecular formula is C27H25F4N3O2. The highest BCUT2D eigenvalue weighted by Gasteiger charge is 2.43. The van der Waals surface area contributed by atoms with Crippen LogP contribution in [0, 0.1) is 24.4 Å². The zero-order chi connectivity index (χ0) is 25.6. The van der Waals surface area contributed by atoms with Gasteiger partial charge in [0.05, 0.1) is 30.9 Å². The van der Waals surface area contributed by atoms with Gasteiger partial charge in [-0.1, -0.05) is 6.07 Å². The summed E-state index contributed by atoms with van der Waals surface area (Å²) in [4.78, 5) is 19.3. The molecule has 0 unspecified atom stereocenters. The number of imidazole rings is 1. The maximum atomic E-state index is 14.6. The van der Waals surface area contributed by atoms with Crippen LogP contribution in [0.2, 0.25) is 0 Å². The third-order valence-corrected chi connectivity index (χ3v) is 6.92. The van der Waals surface area contributed by atoms with Gasteiger partial charge in [-0.3, -0.25) is 4.79 Å². The molecule has 2 aromatic carbocycles. The van der Waals surface area contributed by atoms with Gasteiger partial charge in [-0.25, -0.2) is 22.5 Å². The van der Waals surface area contributed by atoms with Crippen LogP contribution in [0.4, 0.5) is 17.6 Å². The quantitative estimate of drug-likeness (QED) is 0.257. The number of alkyl halides is 1. The Balaban J connectivity index is 1.47. The molecule has 0 bridgehead atoms. The molecule has 0 saturated carbocycles. The zero-order valence-electron chi connectivity index (χ0n) is 19.8. The molecule has 2 aliphatic heterocycles. The van der Waals surface area contributed by atoms with Crippen LogP contribution >= 0.6 is 0 Å². The van der Waals surface area contributed by atoms with Gasteiger partial charge in [0, 0.05) is 24.2 Å². The Kier molecular flexibility index (Phi) is 6.32. The second kappa shape index (κ2) is 9.44. The number of ether oxygens (including phenoxy) is 1. The van der Waals surface area contributed by atoms with E-state index < -0.39 is 35.7 Å². The number of aromatic nitrogens is 2. The van der Waals surface area contributed by atoms with Gasteiger partial charge in [0.2, 0.25) is 0 Å². The molecule has 2 fully saturated rings. The number of carbonyl (C=O) groups excluding carboxylic acids is 1. The van der Waals surface area contributed by atoms with Gasteiger partial charge in [-0.15, -0.1) is 0 Å². The average molecular weight is 500 g/mol. The van der Waals surface area contributed by atoms with E-state index in [1.165, 1.54) is 4.90 Å². The van der Waals surface area contributed by atoms with Crippen molar-refractivity contribution in [3.63, 3.8) is 0 Å². The van der Waals surface area contributed by atoms with Crippen molar-refractivity contribution in [1.29, 1.82) is 0 Å². The summed E-state index contributed by atoms with van der Waals surface area (Å²) in [6, 6.07) is 5.95. The Morgan fingerprint density at radius 1 is 1.11 bits per heavy atom. The first-order valence-electron chi connectivity index (χ1n) is 11.8. The lowest BCUT2D eigenvalue weighted by Crippen LogP contribution is -2.51. The van der Waals surface area contributed by atoms with Crippen molar-refractivity contribution in [3.8, 4) is 11.4 Å². The molecule has 1 amide bonds. The fourth-order valence-electron chi connectivity index (χ4n) is 5.22. The number of nitrogens with zero attached hydrogens (tertiary/aromatic N) is 3. The molecule has 0 spiro atoms. The first-order valence-corrected chi connectivity index (χ1v) is 11.8. The average Bonchev–Trinajstić information content (AvgIpc) is 3.29. The maximum Gasteiger partial charge on any atom is 0.250 e. The van der Waals surface area contributed by atoms with Crippen LogP contribution in [0.5, 0.6) is 5.75 Å². The third-order valence-electron chi connectivity index (χ3n) is 6.92. The summed E-state index contributed by atoms with van der Waals surface area (Å²) in [5, 5.41) is 0. The minimum absolute atomic E-state index is 0.0509. The lowest BCUT2D eigenvalue weighted by atomic mass is 9.83. The number of benzene rings is 2. The lowest BCUT2D eigenvalue weighted by molar-refractivity contribution is -0.138. The molecule has 188 valence electrons. The molecule has 1 aromatic heterocycles. The fourth-order valence-corrected chi connectivity index (χ4v) is 5.22. The van der Waals surface area contributed by atoms with E-state index in [1.807, 2.05) is 35.9 Å². The topological polar surface area (TPSA) is 47.4 Å². The summed E-state index contributed by atoms with van der Waals surface area (Å²) in [6.07, 6.45) is 5.10. The Bertz CT molecular complexity index is 1330. The smallest absolute Gasteiger partial charge is 0.250 e. The number of halogens is 4. The first-order chi connectivity index (χ1) is 17.2. The molecule has 3 atom stereocenters. The number of hydrogen-bond donors (Lipinski definition) is 0. The van der Waals surface area contributed by atoms with Crippen LogP contribution in [-0.4, -0.2) is 39.7 Å². The highest BCUT2D eigenvalue weighted by atomic mass is 19.2. The third kappa shape index (κ3) is 4.38. The van der Waals surface area contributed by atoms with Crippen LogP contribution in [0.25, 0.3) is 11.8 Å². The van der Waals surface area contributed by atoms with E-state index in [0.29, 0.717) is 24.2 Å². The molecule has 0 radical (unpaired) electrons. The zero-order valence-corrected chi connectivity index (χ0v) is 19.8. The molecule has 36 heavy (non-hydrogen) atoms. The van der Waals surface area contributed by atoms with Gasteiger partial charge in [-0.2, -0.15) is 0 Å². The van der Waals surface area contributed by atoms with Crippen LogP contribution in [0.1, 0.15) is 48.5 Å². The minimum Gasteiger partial charge on any atom is -0.495 e. The SMILES string of the molecule is COc1cc(/C=C2\CC[C@@H]3C[C@H](F)C[C@@H](c4cc(F)c(F)c(F)c4)N3C2=O)ccc1-n1cnc(C)c1. The van der Waals surface area contributed by atoms with Crippen molar-refractivity contribution >= 4 is 12.0 Å². The van der Waals surface area contributed by atoms with Crippen molar-refractivity contribution in [2.45, 2.75) is 50.9 Å². The number of amides is 1. The first kappa shape index (κ1) is 24.1. The molecule has 3 heterocycles. The summed E-state index contributed by atoms with van der Waals surface area (Å²) in [5.74, 6) is -4.03. The van der Waals surface area contributed by atoms with E-state index >= 15 is 0 Å². The Labute approximate surface area is 206 Å². The van der Waals surface area contributed by atoms with Gasteiger partial charge in [0.25, 0.3) is 5.91 Å². The number of carbonyl (C=O) groups is 1. The number of piperidine rings is 2. The monoisotopic (exact) mass is 499 g/mol. The summed E-state index contributed by atoms with van der Waals surface area (Å²) >= 11 is 0. The molecular weight excluding hydrogens is 474 g/mol. The van der Waals surface area contributed by atoms with Crippen LogP contribution in [0.15, 0.2) is 48.4 Å². The van der Waals surface area contributed by atoms with Crippen molar-refractivity contribution in [2.24, 2.45) is 0 Å². The van der Waals surface area contributed by atoms with E-state index in [4.69, 9.17) is 4.74 Å². The second-order valence-corrected chi connectivity index (χ2v) is 9.31. The van der Waals surface area contributed by atoms with Crippen molar-refractivity contribution in [1.82, 2.24) is 14.5 Å². The Hall–Kier alpha value is -3.62. The summed E-state index contributed by atoms with van der Waals surface area (Å²) < 4.78 is 63.4. The summed E-state index contributed by atoms with van der Waals surface area (Å²) in [7, 11) is 1.56. The number of rotatable bonds is 4. The van der Waals surface area contributed by atoms with E-state index in [-0.39, 0.29) is 24.3 Å². The van der Waals surface area contributed by atoms with Crippen LogP contribution in [-0.2, 0) is 4.79 Å². The number of aryl methyl sites for hydroxylation is 1. The van der Waals surface area contributed by atoms with Crippen molar-refractivity contribution < 1.29 is 27.1 Å². The van der Waals surface area contributed by atoms with E-state index in [9.17, 15) is 22.4 Å². The predicted octanol–water partition coefficient (Wildman–Crippen LogP) is 5.85. The number of methoxy groups -OCH3 is 1. The van der Waals surface area contributed by atoms with Crippen LogP contribution in [0.3, 0.4) is 0 Å². The standard InChI is InChI=1S/C27H25F4N3O2/c1-15-13-33(14-32-15)23-6-3-16(8-25(23)36-2)7-17-4-5-20-11-19(28)12-24(34(20)27(17)35)18-9-21(29)26(31)22(30)10-18/h3,6-10,13-14,19-20,24H,4-5,11-12H2,1-2H3/b17-7+/t19-,20+,24-/m0/s1. The molecule has 0 N–H and O–H groups in total. The summed E-state index contributed by atoms with van der Waals surface area (Å²) in [5.41, 5.74) is 2.95. The Morgan fingerprint density at radius 3 is 2.53 bits per heavy atom. The molecule has 2 aliphatic rings. The highest BCUT2D eigenvalue weighted by molar-refractivity contribution is 5.99. The van der Waals surface area contributed by atoms with E-state index in [0.717, 1.165) is 29.1 Å². The minimum atomic E-state index is -1.59. The second-order valence-electron chi connectivity index (χ2n) is 9.31. The highest BCUT2D eigenvalue weighted by Crippen LogP contribution is 2.42. The number of fused-ring (bicyclic) bond motifs is 1. The van der Waals surface area contributed by atoms with Gasteiger partial charge >= 0.3 is 0 Å². The molecule has 9 heteroatoms. The molecule has 3 aromatic rings. The molecule has 5 rings (SSSR count). The van der Waals surface area contributed by atoms with Gasteiger partial charge in [0.15, 0.2) is 17.5 Å². The Morgan fingerprint density at radius 2 is 1.86 bits per heavy atom. The van der Waals surface area contributed by atoms with Crippen LogP contribution < -0.4 is 4.74 Å². The van der Waals surface area contributed by atoms with E-state index in [1.54, 1.807) is 19.5 Å². The van der Waals surface area contributed by atoms with E-state index in [2.05, 4.69) is 4.98 Å². The maximum absolute atomic E-state index is 14.6. The predicted molar refractivity (Wildman–Crippen MR) is 126 cm³/mol. The van der Waals surface area contributed by atoms with Crippen molar-refractivity contribution in [2.75, 3.05) is 7.11 Å². The molecule has 0 aliphatic carbocycles. The molecule has 5 nitrogen and oxygen atoms in total. The summed E-state index contributed by atoms with van der Waals surface area (Å²) in [6.45, 7) is 1.89. The van der Waals surface area contributed by atoms with Gasteiger partial charge in [-0.05, 0) is 67.7 Å². The lowest BCUT2D eigenvalue weighted by Gasteiger charge is -2.46. The van der Waals surface area contributed by atoms with Gasteiger partial charge < -0.3 is 14.2 Å². The largest absolute Gasteiger partial charge is 0.495 e. The normalized spacial score (nSPS) is 23.2.